The van der Waals surface area contributed by atoms with E-state index >= 15 is 0 Å². The van der Waals surface area contributed by atoms with E-state index in [1.54, 1.807) is 27.3 Å². The Bertz CT molecular complexity index is 1960. The summed E-state index contributed by atoms with van der Waals surface area (Å²) in [5, 5.41) is 7.84. The first kappa shape index (κ1) is 30.9. The molecule has 3 atom stereocenters. The van der Waals surface area contributed by atoms with Crippen LogP contribution in [0.4, 0.5) is 26.3 Å². The number of carbonyl (C=O) groups excluding carboxylic acids is 1. The van der Waals surface area contributed by atoms with E-state index in [0.29, 0.717) is 59.1 Å². The number of allylic oxidation sites excluding steroid dienone is 1. The van der Waals surface area contributed by atoms with Crippen molar-refractivity contribution >= 4 is 38.8 Å². The van der Waals surface area contributed by atoms with Crippen molar-refractivity contribution in [1.82, 2.24) is 28.9 Å². The van der Waals surface area contributed by atoms with Gasteiger partial charge in [-0.25, -0.2) is 27.3 Å². The molecular formula is C30H26F6N6O2S2. The number of ketones is 1. The van der Waals surface area contributed by atoms with Crippen molar-refractivity contribution in [2.75, 3.05) is 0 Å². The van der Waals surface area contributed by atoms with Crippen molar-refractivity contribution in [2.45, 2.75) is 68.2 Å². The minimum absolute atomic E-state index is 0.0302. The number of alkyl halides is 5. The summed E-state index contributed by atoms with van der Waals surface area (Å²) in [4.78, 5) is 17.4. The average Bonchev–Trinajstić information content (AvgIpc) is 3.40. The molecule has 16 heteroatoms. The van der Waals surface area contributed by atoms with Crippen LogP contribution in [0, 0.1) is 11.2 Å². The Labute approximate surface area is 263 Å². The number of carbonyl (C=O) groups is 1. The molecule has 0 amide bonds. The highest BCUT2D eigenvalue weighted by Crippen LogP contribution is 2.53. The standard InChI is InChI=1S/C30H26F6N6O2S2/c1-46(44,23-14-38-40(16-23)28(32)33)42(21-8-9-21)22-5-2-18-10-24-17(13-39-41(24)20-6-3-19(31)4-7-20)11-29(18,12-22)26(43)27-37-15-25(45-27)30(34,35)36/h3-4,6-7,10,13-16,21-22,28H,1-2,5,8-9,11-12H2/t22-,29-,46?/m0/s1. The van der Waals surface area contributed by atoms with E-state index in [1.165, 1.54) is 12.1 Å². The number of rotatable bonds is 8. The van der Waals surface area contributed by atoms with Gasteiger partial charge in [-0.1, -0.05) is 5.57 Å². The first-order chi connectivity index (χ1) is 21.8. The number of halogens is 6. The smallest absolute Gasteiger partial charge is 0.290 e. The van der Waals surface area contributed by atoms with Gasteiger partial charge in [0.1, 0.15) is 10.7 Å². The summed E-state index contributed by atoms with van der Waals surface area (Å²) in [6.45, 7) is -2.94. The minimum atomic E-state index is -4.68. The minimum Gasteiger partial charge on any atom is -0.290 e. The molecule has 46 heavy (non-hydrogen) atoms. The summed E-state index contributed by atoms with van der Waals surface area (Å²) in [5.41, 5.74) is 1.23. The molecule has 2 fully saturated rings. The second-order valence-electron chi connectivity index (χ2n) is 11.8. The number of nitrogens with zero attached hydrogens (tertiary/aromatic N) is 6. The topological polar surface area (TPSA) is 85.9 Å². The fourth-order valence-electron chi connectivity index (χ4n) is 6.63. The van der Waals surface area contributed by atoms with Gasteiger partial charge in [-0.05, 0) is 80.3 Å². The van der Waals surface area contributed by atoms with Crippen LogP contribution >= 0.6 is 11.3 Å². The van der Waals surface area contributed by atoms with Crippen LogP contribution in [0.15, 0.2) is 59.5 Å². The molecule has 2 saturated carbocycles. The van der Waals surface area contributed by atoms with Crippen LogP contribution in [-0.4, -0.2) is 56.8 Å². The lowest BCUT2D eigenvalue weighted by molar-refractivity contribution is -0.134. The number of hydrogen-bond acceptors (Lipinski definition) is 6. The Morgan fingerprint density at radius 3 is 2.46 bits per heavy atom. The molecule has 3 aromatic heterocycles. The third-order valence-corrected chi connectivity index (χ3v) is 12.1. The van der Waals surface area contributed by atoms with Gasteiger partial charge in [0.2, 0.25) is 5.78 Å². The number of aromatic nitrogens is 5. The van der Waals surface area contributed by atoms with E-state index in [4.69, 9.17) is 0 Å². The molecule has 8 nitrogen and oxygen atoms in total. The Morgan fingerprint density at radius 1 is 1.09 bits per heavy atom. The van der Waals surface area contributed by atoms with Crippen molar-refractivity contribution in [3.05, 3.63) is 81.6 Å². The summed E-state index contributed by atoms with van der Waals surface area (Å²) in [6.07, 6.45) is 3.80. The average molecular weight is 681 g/mol. The first-order valence-corrected chi connectivity index (χ1v) is 16.9. The number of Topliss-reactive ketones (excluding diaryl/α,β-unsaturated/α-hetero) is 1. The molecule has 0 radical (unpaired) electrons. The van der Waals surface area contributed by atoms with Crippen molar-refractivity contribution in [2.24, 2.45) is 5.41 Å². The van der Waals surface area contributed by atoms with Crippen molar-refractivity contribution < 1.29 is 35.3 Å². The highest BCUT2D eigenvalue weighted by Gasteiger charge is 2.53. The zero-order valence-electron chi connectivity index (χ0n) is 24.0. The molecule has 0 aliphatic heterocycles. The molecular weight excluding hydrogens is 654 g/mol. The number of hydrogen-bond donors (Lipinski definition) is 0. The molecule has 4 aromatic rings. The van der Waals surface area contributed by atoms with Crippen LogP contribution in [0.3, 0.4) is 0 Å². The molecule has 1 aromatic carbocycles. The maximum Gasteiger partial charge on any atom is 0.427 e. The monoisotopic (exact) mass is 680 g/mol. The third-order valence-electron chi connectivity index (χ3n) is 8.87. The van der Waals surface area contributed by atoms with Gasteiger partial charge in [-0.2, -0.15) is 32.1 Å². The third kappa shape index (κ3) is 5.19. The second kappa shape index (κ2) is 10.9. The van der Waals surface area contributed by atoms with E-state index in [-0.39, 0.29) is 40.1 Å². The largest absolute Gasteiger partial charge is 0.427 e. The molecule has 1 unspecified atom stereocenters. The molecule has 0 saturated heterocycles. The Kier molecular flexibility index (Phi) is 7.32. The first-order valence-electron chi connectivity index (χ1n) is 14.4. The van der Waals surface area contributed by atoms with Gasteiger partial charge >= 0.3 is 12.7 Å². The highest BCUT2D eigenvalue weighted by molar-refractivity contribution is 7.98. The Hall–Kier alpha value is -3.76. The van der Waals surface area contributed by atoms with E-state index in [9.17, 15) is 35.3 Å². The molecule has 242 valence electrons. The fraction of sp³-hybridized carbons (Fsp3) is 0.367. The van der Waals surface area contributed by atoms with Crippen molar-refractivity contribution in [1.29, 1.82) is 0 Å². The van der Waals surface area contributed by atoms with Crippen molar-refractivity contribution in [3.8, 4) is 5.69 Å². The van der Waals surface area contributed by atoms with Crippen LogP contribution in [-0.2, 0) is 22.3 Å². The maximum absolute atomic E-state index is 14.4. The van der Waals surface area contributed by atoms with Crippen LogP contribution in [0.1, 0.15) is 64.6 Å². The zero-order chi connectivity index (χ0) is 32.6. The summed E-state index contributed by atoms with van der Waals surface area (Å²) in [7, 11) is -3.34. The number of benzene rings is 1. The van der Waals surface area contributed by atoms with E-state index in [2.05, 4.69) is 21.1 Å². The van der Waals surface area contributed by atoms with Gasteiger partial charge in [0, 0.05) is 18.3 Å². The van der Waals surface area contributed by atoms with Gasteiger partial charge in [-0.3, -0.25) is 4.79 Å². The molecule has 3 aliphatic rings. The molecule has 0 bridgehead atoms. The molecule has 0 spiro atoms. The number of fused-ring (bicyclic) bond motifs is 2. The molecule has 3 heterocycles. The van der Waals surface area contributed by atoms with Gasteiger partial charge < -0.3 is 0 Å². The Morgan fingerprint density at radius 2 is 1.83 bits per heavy atom. The second-order valence-corrected chi connectivity index (χ2v) is 15.0. The normalized spacial score (nSPS) is 22.8. The predicted octanol–water partition coefficient (Wildman–Crippen LogP) is 6.59. The van der Waals surface area contributed by atoms with Gasteiger partial charge in [-0.15, -0.1) is 11.3 Å². The van der Waals surface area contributed by atoms with Crippen LogP contribution in [0.25, 0.3) is 11.8 Å². The highest BCUT2D eigenvalue weighted by atomic mass is 32.2. The Balaban J connectivity index is 1.31. The van der Waals surface area contributed by atoms with Gasteiger partial charge in [0.05, 0.1) is 50.0 Å². The lowest BCUT2D eigenvalue weighted by atomic mass is 9.61. The van der Waals surface area contributed by atoms with Crippen LogP contribution in [0.2, 0.25) is 0 Å². The van der Waals surface area contributed by atoms with Gasteiger partial charge in [0.15, 0.2) is 5.01 Å². The predicted molar refractivity (Wildman–Crippen MR) is 159 cm³/mol. The van der Waals surface area contributed by atoms with Crippen LogP contribution < -0.4 is 0 Å². The summed E-state index contributed by atoms with van der Waals surface area (Å²) >= 11 is 0.279. The van der Waals surface area contributed by atoms with E-state index < -0.39 is 50.4 Å². The fourth-order valence-corrected chi connectivity index (χ4v) is 9.53. The summed E-state index contributed by atoms with van der Waals surface area (Å²) < 4.78 is 99.0. The maximum atomic E-state index is 14.4. The van der Waals surface area contributed by atoms with Crippen LogP contribution in [0.5, 0.6) is 0 Å². The van der Waals surface area contributed by atoms with E-state index in [1.807, 2.05) is 6.08 Å². The van der Waals surface area contributed by atoms with Gasteiger partial charge in [0.25, 0.3) is 0 Å². The lowest BCUT2D eigenvalue weighted by Crippen LogP contribution is -2.51. The number of thiazole rings is 1. The summed E-state index contributed by atoms with van der Waals surface area (Å²) in [5.74, 6) is 2.97. The molecule has 3 aliphatic carbocycles. The molecule has 7 rings (SSSR count). The quantitative estimate of drug-likeness (QED) is 0.119. The SMILES string of the molecule is C=S(=O)(c1cnn(C(F)F)c1)N(C1CC1)[C@H]1CCC2=Cc3c(cnn3-c3ccc(F)cc3)C[C@]2(C(=O)c2ncc(C(F)(F)F)s2)C1. The zero-order valence-corrected chi connectivity index (χ0v) is 25.6. The van der Waals surface area contributed by atoms with E-state index in [0.717, 1.165) is 12.4 Å². The molecule has 0 N–H and O–H groups in total. The summed E-state index contributed by atoms with van der Waals surface area (Å²) in [6, 6.07) is 5.02. The van der Waals surface area contributed by atoms with Crippen molar-refractivity contribution in [3.63, 3.8) is 0 Å². The lowest BCUT2D eigenvalue weighted by Gasteiger charge is -2.47.